The molecule has 3 aliphatic rings. The number of carbonyl (C=O) groups is 2. The van der Waals surface area contributed by atoms with Crippen LogP contribution in [0.3, 0.4) is 0 Å². The third kappa shape index (κ3) is 3.68. The highest BCUT2D eigenvalue weighted by Crippen LogP contribution is 2.45. The fraction of sp³-hybridized carbons (Fsp3) is 0.636. The second-order valence-corrected chi connectivity index (χ2v) is 8.22. The van der Waals surface area contributed by atoms with Crippen LogP contribution in [0, 0.1) is 11.8 Å². The molecule has 2 amide bonds. The second-order valence-electron chi connectivity index (χ2n) is 8.22. The van der Waals surface area contributed by atoms with Crippen LogP contribution >= 0.6 is 0 Å². The number of methoxy groups -OCH3 is 2. The lowest BCUT2D eigenvalue weighted by Gasteiger charge is -2.44. The van der Waals surface area contributed by atoms with Crippen molar-refractivity contribution in [2.75, 3.05) is 30.6 Å². The van der Waals surface area contributed by atoms with E-state index in [-0.39, 0.29) is 12.0 Å². The molecule has 29 heavy (non-hydrogen) atoms. The molecule has 0 spiro atoms. The first-order valence-electron chi connectivity index (χ1n) is 10.6. The highest BCUT2D eigenvalue weighted by molar-refractivity contribution is 6.01. The maximum atomic E-state index is 12.8. The van der Waals surface area contributed by atoms with Crippen molar-refractivity contribution >= 4 is 23.6 Å². The number of rotatable bonds is 3. The summed E-state index contributed by atoms with van der Waals surface area (Å²) in [7, 11) is 2.75. The standard InChI is InChI=1S/C22H30N2O5/c1-27-21(25)23-17-10-6-7-11-18(17)24(22(26)28-2)20-19(23)16(14-29-20)13-12-15-8-4-3-5-9-15/h6-7,10-11,15-16,19-20H,3-5,8-9,12-14H2,1-2H3/t16-,19-,20+/m0/s1. The first kappa shape index (κ1) is 20.0. The van der Waals surface area contributed by atoms with Gasteiger partial charge in [0.2, 0.25) is 0 Å². The number of hydrogen-bond donors (Lipinski definition) is 0. The van der Waals surface area contributed by atoms with Crippen LogP contribution in [0.5, 0.6) is 0 Å². The minimum Gasteiger partial charge on any atom is -0.452 e. The van der Waals surface area contributed by atoms with Crippen molar-refractivity contribution in [3.05, 3.63) is 24.3 Å². The smallest absolute Gasteiger partial charge is 0.416 e. The van der Waals surface area contributed by atoms with Gasteiger partial charge in [-0.2, -0.15) is 0 Å². The van der Waals surface area contributed by atoms with E-state index in [9.17, 15) is 9.59 Å². The molecule has 1 saturated carbocycles. The highest BCUT2D eigenvalue weighted by atomic mass is 16.6. The van der Waals surface area contributed by atoms with Crippen LogP contribution in [0.15, 0.2) is 24.3 Å². The molecule has 158 valence electrons. The quantitative estimate of drug-likeness (QED) is 0.742. The van der Waals surface area contributed by atoms with E-state index in [0.29, 0.717) is 18.0 Å². The van der Waals surface area contributed by atoms with Crippen molar-refractivity contribution in [2.45, 2.75) is 57.2 Å². The Kier molecular flexibility index (Phi) is 5.94. The van der Waals surface area contributed by atoms with Crippen molar-refractivity contribution in [1.29, 1.82) is 0 Å². The van der Waals surface area contributed by atoms with E-state index in [1.807, 2.05) is 18.2 Å². The van der Waals surface area contributed by atoms with Crippen LogP contribution in [0.25, 0.3) is 0 Å². The zero-order valence-electron chi connectivity index (χ0n) is 17.2. The molecule has 1 aromatic rings. The number of benzene rings is 1. The number of fused-ring (bicyclic) bond motifs is 2. The molecule has 7 nitrogen and oxygen atoms in total. The Morgan fingerprint density at radius 3 is 2.24 bits per heavy atom. The fourth-order valence-corrected chi connectivity index (χ4v) is 5.19. The Morgan fingerprint density at radius 2 is 1.59 bits per heavy atom. The number of ether oxygens (including phenoxy) is 3. The van der Waals surface area contributed by atoms with E-state index in [0.717, 1.165) is 18.8 Å². The molecular formula is C22H30N2O5. The molecule has 0 unspecified atom stereocenters. The summed E-state index contributed by atoms with van der Waals surface area (Å²) >= 11 is 0. The van der Waals surface area contributed by atoms with Gasteiger partial charge >= 0.3 is 12.2 Å². The SMILES string of the molecule is COC(=O)N1c2ccccc2N(C(=O)OC)[C@@H]2OC[C@H](CCC3CCCCC3)[C@@H]21. The Morgan fingerprint density at radius 1 is 0.966 bits per heavy atom. The number of amides is 2. The lowest BCUT2D eigenvalue weighted by molar-refractivity contribution is 0.0855. The Balaban J connectivity index is 1.65. The van der Waals surface area contributed by atoms with Crippen LogP contribution in [0.1, 0.15) is 44.9 Å². The van der Waals surface area contributed by atoms with Crippen LogP contribution in [0.4, 0.5) is 21.0 Å². The minimum atomic E-state index is -0.576. The van der Waals surface area contributed by atoms with Crippen molar-refractivity contribution in [3.8, 4) is 0 Å². The van der Waals surface area contributed by atoms with E-state index >= 15 is 0 Å². The summed E-state index contributed by atoms with van der Waals surface area (Å²) < 4.78 is 16.3. The number of hydrogen-bond acceptors (Lipinski definition) is 5. The van der Waals surface area contributed by atoms with Gasteiger partial charge in [-0.25, -0.2) is 14.5 Å². The maximum Gasteiger partial charge on any atom is 0.416 e. The topological polar surface area (TPSA) is 68.3 Å². The normalized spacial score (nSPS) is 26.6. The van der Waals surface area contributed by atoms with E-state index in [2.05, 4.69) is 0 Å². The van der Waals surface area contributed by atoms with Gasteiger partial charge in [-0.3, -0.25) is 4.90 Å². The number of carbonyl (C=O) groups excluding carboxylic acids is 2. The Hall–Kier alpha value is -2.28. The maximum absolute atomic E-state index is 12.8. The van der Waals surface area contributed by atoms with Gasteiger partial charge in [0.25, 0.3) is 0 Å². The van der Waals surface area contributed by atoms with Crippen molar-refractivity contribution in [2.24, 2.45) is 11.8 Å². The largest absolute Gasteiger partial charge is 0.452 e. The third-order valence-electron chi connectivity index (χ3n) is 6.62. The molecule has 7 heteroatoms. The monoisotopic (exact) mass is 402 g/mol. The predicted molar refractivity (Wildman–Crippen MR) is 109 cm³/mol. The molecule has 0 aromatic heterocycles. The van der Waals surface area contributed by atoms with Gasteiger partial charge in [-0.15, -0.1) is 0 Å². The summed E-state index contributed by atoms with van der Waals surface area (Å²) in [6.07, 6.45) is 7.17. The average molecular weight is 402 g/mol. The Bertz CT molecular complexity index is 748. The summed E-state index contributed by atoms with van der Waals surface area (Å²) in [5.74, 6) is 0.892. The average Bonchev–Trinajstić information content (AvgIpc) is 3.18. The minimum absolute atomic E-state index is 0.140. The zero-order chi connectivity index (χ0) is 20.4. The molecular weight excluding hydrogens is 372 g/mol. The van der Waals surface area contributed by atoms with Gasteiger partial charge < -0.3 is 14.2 Å². The summed E-state index contributed by atoms with van der Waals surface area (Å²) in [5, 5.41) is 0. The molecule has 2 aliphatic heterocycles. The highest BCUT2D eigenvalue weighted by Gasteiger charge is 2.53. The van der Waals surface area contributed by atoms with Gasteiger partial charge in [-0.1, -0.05) is 50.7 Å². The molecule has 0 N–H and O–H groups in total. The molecule has 1 saturated heterocycles. The van der Waals surface area contributed by atoms with Crippen LogP contribution < -0.4 is 9.80 Å². The van der Waals surface area contributed by atoms with Crippen molar-refractivity contribution in [1.82, 2.24) is 0 Å². The molecule has 0 bridgehead atoms. The summed E-state index contributed by atoms with van der Waals surface area (Å²) in [6.45, 7) is 0.511. The molecule has 2 heterocycles. The first-order valence-corrected chi connectivity index (χ1v) is 10.6. The van der Waals surface area contributed by atoms with Crippen LogP contribution in [-0.4, -0.2) is 45.3 Å². The number of anilines is 2. The van der Waals surface area contributed by atoms with Crippen LogP contribution in [-0.2, 0) is 14.2 Å². The molecule has 3 atom stereocenters. The van der Waals surface area contributed by atoms with E-state index in [1.54, 1.807) is 15.9 Å². The molecule has 0 radical (unpaired) electrons. The molecule has 4 rings (SSSR count). The molecule has 1 aromatic carbocycles. The number of nitrogens with zero attached hydrogens (tertiary/aromatic N) is 2. The molecule has 1 aliphatic carbocycles. The van der Waals surface area contributed by atoms with E-state index in [4.69, 9.17) is 14.2 Å². The summed E-state index contributed by atoms with van der Waals surface area (Å²) in [5.41, 5.74) is 1.25. The first-order chi connectivity index (χ1) is 14.2. The predicted octanol–water partition coefficient (Wildman–Crippen LogP) is 4.55. The number of para-hydroxylation sites is 2. The molecule has 2 fully saturated rings. The summed E-state index contributed by atoms with van der Waals surface area (Å²) in [6, 6.07) is 7.05. The van der Waals surface area contributed by atoms with Crippen molar-refractivity contribution < 1.29 is 23.8 Å². The third-order valence-corrected chi connectivity index (χ3v) is 6.62. The van der Waals surface area contributed by atoms with E-state index in [1.165, 1.54) is 46.3 Å². The van der Waals surface area contributed by atoms with Crippen LogP contribution in [0.2, 0.25) is 0 Å². The van der Waals surface area contributed by atoms with Gasteiger partial charge in [0, 0.05) is 5.92 Å². The lowest BCUT2D eigenvalue weighted by atomic mass is 9.82. The zero-order valence-corrected chi connectivity index (χ0v) is 17.2. The Labute approximate surface area is 171 Å². The fourth-order valence-electron chi connectivity index (χ4n) is 5.19. The van der Waals surface area contributed by atoms with Gasteiger partial charge in [0.15, 0.2) is 6.23 Å². The van der Waals surface area contributed by atoms with Gasteiger partial charge in [0.05, 0.1) is 38.2 Å². The summed E-state index contributed by atoms with van der Waals surface area (Å²) in [4.78, 5) is 28.6. The van der Waals surface area contributed by atoms with Gasteiger partial charge in [0.1, 0.15) is 0 Å². The van der Waals surface area contributed by atoms with Crippen molar-refractivity contribution in [3.63, 3.8) is 0 Å². The lowest BCUT2D eigenvalue weighted by Crippen LogP contribution is -2.59. The van der Waals surface area contributed by atoms with E-state index < -0.39 is 18.4 Å². The van der Waals surface area contributed by atoms with Gasteiger partial charge in [-0.05, 0) is 24.5 Å². The second kappa shape index (κ2) is 8.61.